The Hall–Kier alpha value is -0.430. The summed E-state index contributed by atoms with van der Waals surface area (Å²) in [4.78, 5) is 17.6. The molecule has 0 radical (unpaired) electrons. The quantitative estimate of drug-likeness (QED) is 0.886. The summed E-state index contributed by atoms with van der Waals surface area (Å²) >= 11 is 5.27. The van der Waals surface area contributed by atoms with Crippen molar-refractivity contribution in [2.45, 2.75) is 19.4 Å². The molecule has 19 heavy (non-hydrogen) atoms. The van der Waals surface area contributed by atoms with E-state index in [1.165, 1.54) is 8.66 Å². The number of piperazine rings is 1. The molecule has 2 N–H and O–H groups in total. The van der Waals surface area contributed by atoms with Crippen LogP contribution >= 0.6 is 27.3 Å². The molecule has 1 fully saturated rings. The summed E-state index contributed by atoms with van der Waals surface area (Å²) in [6.07, 6.45) is 1.39. The molecule has 0 aromatic carbocycles. The average molecular weight is 346 g/mol. The summed E-state index contributed by atoms with van der Waals surface area (Å²) in [7, 11) is 0. The first-order valence-corrected chi connectivity index (χ1v) is 8.24. The average Bonchev–Trinajstić information content (AvgIpc) is 2.82. The largest absolute Gasteiger partial charge is 0.340 e. The molecule has 2 rings (SSSR count). The molecule has 4 nitrogen and oxygen atoms in total. The molecule has 106 valence electrons. The minimum Gasteiger partial charge on any atom is -0.340 e. The van der Waals surface area contributed by atoms with Gasteiger partial charge in [0.1, 0.15) is 0 Å². The highest BCUT2D eigenvalue weighted by Gasteiger charge is 2.20. The second kappa shape index (κ2) is 7.38. The predicted molar refractivity (Wildman–Crippen MR) is 82.2 cm³/mol. The number of hydrogen-bond donors (Lipinski definition) is 1. The number of carbonyl (C=O) groups excluding carboxylic acids is 1. The molecule has 0 bridgehead atoms. The predicted octanol–water partition coefficient (Wildman–Crippen LogP) is 1.89. The van der Waals surface area contributed by atoms with Gasteiger partial charge in [0.15, 0.2) is 0 Å². The maximum atomic E-state index is 11.9. The van der Waals surface area contributed by atoms with Gasteiger partial charge in [-0.2, -0.15) is 0 Å². The van der Waals surface area contributed by atoms with E-state index in [0.717, 1.165) is 39.1 Å². The third-order valence-electron chi connectivity index (χ3n) is 3.33. The van der Waals surface area contributed by atoms with Gasteiger partial charge in [0, 0.05) is 44.0 Å². The zero-order chi connectivity index (χ0) is 13.7. The van der Waals surface area contributed by atoms with Crippen LogP contribution in [-0.2, 0) is 11.3 Å². The maximum absolute atomic E-state index is 11.9. The normalized spacial score (nSPS) is 16.8. The van der Waals surface area contributed by atoms with E-state index in [1.54, 1.807) is 11.3 Å². The molecule has 1 aliphatic heterocycles. The Morgan fingerprint density at radius 1 is 1.32 bits per heavy atom. The number of nitrogens with zero attached hydrogens (tertiary/aromatic N) is 2. The molecular weight excluding hydrogens is 326 g/mol. The van der Waals surface area contributed by atoms with Gasteiger partial charge in [0.25, 0.3) is 0 Å². The van der Waals surface area contributed by atoms with E-state index in [9.17, 15) is 4.79 Å². The minimum absolute atomic E-state index is 0.254. The zero-order valence-corrected chi connectivity index (χ0v) is 13.4. The fourth-order valence-electron chi connectivity index (χ4n) is 2.22. The van der Waals surface area contributed by atoms with E-state index in [-0.39, 0.29) is 5.91 Å². The molecule has 0 atom stereocenters. The Balaban J connectivity index is 1.74. The highest BCUT2D eigenvalue weighted by molar-refractivity contribution is 9.11. The van der Waals surface area contributed by atoms with Gasteiger partial charge in [-0.15, -0.1) is 11.3 Å². The topological polar surface area (TPSA) is 49.6 Å². The Kier molecular flexibility index (Phi) is 5.81. The van der Waals surface area contributed by atoms with E-state index in [2.05, 4.69) is 33.0 Å². The number of halogens is 1. The number of carbonyl (C=O) groups is 1. The monoisotopic (exact) mass is 345 g/mol. The lowest BCUT2D eigenvalue weighted by molar-refractivity contribution is -0.133. The van der Waals surface area contributed by atoms with Crippen molar-refractivity contribution in [3.63, 3.8) is 0 Å². The summed E-state index contributed by atoms with van der Waals surface area (Å²) in [6, 6.07) is 4.25. The molecule has 0 spiro atoms. The fourth-order valence-corrected chi connectivity index (χ4v) is 3.75. The first-order chi connectivity index (χ1) is 9.19. The van der Waals surface area contributed by atoms with Crippen LogP contribution in [0.4, 0.5) is 0 Å². The van der Waals surface area contributed by atoms with E-state index in [1.807, 2.05) is 4.90 Å². The molecule has 0 unspecified atom stereocenters. The molecule has 2 heterocycles. The number of rotatable bonds is 5. The van der Waals surface area contributed by atoms with Crippen LogP contribution in [0.15, 0.2) is 15.9 Å². The molecule has 0 aliphatic carbocycles. The summed E-state index contributed by atoms with van der Waals surface area (Å²) in [5.74, 6) is 0.254. The third-order valence-corrected chi connectivity index (χ3v) is 4.94. The standard InChI is InChI=1S/C13H20BrN3OS/c14-12-4-3-11(19-12)10-16-6-8-17(9-7-16)13(18)2-1-5-15/h3-4H,1-2,5-10,15H2. The first-order valence-electron chi connectivity index (χ1n) is 6.63. The fraction of sp³-hybridized carbons (Fsp3) is 0.615. The van der Waals surface area contributed by atoms with Crippen molar-refractivity contribution in [3.8, 4) is 0 Å². The summed E-state index contributed by atoms with van der Waals surface area (Å²) in [5.41, 5.74) is 5.43. The van der Waals surface area contributed by atoms with Crippen molar-refractivity contribution < 1.29 is 4.79 Å². The van der Waals surface area contributed by atoms with E-state index >= 15 is 0 Å². The molecule has 1 saturated heterocycles. The highest BCUT2D eigenvalue weighted by Crippen LogP contribution is 2.23. The smallest absolute Gasteiger partial charge is 0.222 e. The summed E-state index contributed by atoms with van der Waals surface area (Å²) < 4.78 is 1.18. The van der Waals surface area contributed by atoms with Crippen LogP contribution in [0.2, 0.25) is 0 Å². The second-order valence-corrected chi connectivity index (χ2v) is 7.30. The van der Waals surface area contributed by atoms with Crippen LogP contribution in [0.25, 0.3) is 0 Å². The minimum atomic E-state index is 0.254. The Bertz CT molecular complexity index is 416. The molecule has 0 saturated carbocycles. The Morgan fingerprint density at radius 3 is 2.63 bits per heavy atom. The van der Waals surface area contributed by atoms with E-state index in [4.69, 9.17) is 5.73 Å². The van der Waals surface area contributed by atoms with Gasteiger partial charge in [-0.1, -0.05) is 0 Å². The molecule has 1 aromatic heterocycles. The van der Waals surface area contributed by atoms with Crippen molar-refractivity contribution in [1.29, 1.82) is 0 Å². The van der Waals surface area contributed by atoms with Crippen LogP contribution in [0.1, 0.15) is 17.7 Å². The molecule has 1 aromatic rings. The van der Waals surface area contributed by atoms with Crippen LogP contribution in [0.5, 0.6) is 0 Å². The number of amides is 1. The Labute approximate surface area is 126 Å². The van der Waals surface area contributed by atoms with Gasteiger partial charge >= 0.3 is 0 Å². The van der Waals surface area contributed by atoms with Gasteiger partial charge < -0.3 is 10.6 Å². The molecule has 1 amide bonds. The maximum Gasteiger partial charge on any atom is 0.222 e. The van der Waals surface area contributed by atoms with Crippen molar-refractivity contribution in [2.75, 3.05) is 32.7 Å². The van der Waals surface area contributed by atoms with Gasteiger partial charge in [0.05, 0.1) is 3.79 Å². The lowest BCUT2D eigenvalue weighted by Crippen LogP contribution is -2.48. The third kappa shape index (κ3) is 4.56. The second-order valence-electron chi connectivity index (χ2n) is 4.75. The lowest BCUT2D eigenvalue weighted by atomic mass is 10.2. The van der Waals surface area contributed by atoms with Gasteiger partial charge in [-0.3, -0.25) is 9.69 Å². The van der Waals surface area contributed by atoms with Crippen LogP contribution in [0.3, 0.4) is 0 Å². The van der Waals surface area contributed by atoms with Crippen LogP contribution < -0.4 is 5.73 Å². The lowest BCUT2D eigenvalue weighted by Gasteiger charge is -2.34. The van der Waals surface area contributed by atoms with Crippen molar-refractivity contribution in [2.24, 2.45) is 5.73 Å². The summed E-state index contributed by atoms with van der Waals surface area (Å²) in [5, 5.41) is 0. The van der Waals surface area contributed by atoms with Gasteiger partial charge in [-0.25, -0.2) is 0 Å². The Morgan fingerprint density at radius 2 is 2.05 bits per heavy atom. The molecule has 1 aliphatic rings. The zero-order valence-electron chi connectivity index (χ0n) is 11.0. The van der Waals surface area contributed by atoms with Crippen molar-refractivity contribution in [1.82, 2.24) is 9.80 Å². The molecule has 6 heteroatoms. The number of thiophene rings is 1. The highest BCUT2D eigenvalue weighted by atomic mass is 79.9. The van der Waals surface area contributed by atoms with Gasteiger partial charge in [0.2, 0.25) is 5.91 Å². The number of nitrogens with two attached hydrogens (primary N) is 1. The van der Waals surface area contributed by atoms with Crippen LogP contribution in [-0.4, -0.2) is 48.4 Å². The van der Waals surface area contributed by atoms with Gasteiger partial charge in [-0.05, 0) is 41.0 Å². The SMILES string of the molecule is NCCCC(=O)N1CCN(Cc2ccc(Br)s2)CC1. The summed E-state index contributed by atoms with van der Waals surface area (Å²) in [6.45, 7) is 5.19. The van der Waals surface area contributed by atoms with Crippen molar-refractivity contribution in [3.05, 3.63) is 20.8 Å². The molecular formula is C13H20BrN3OS. The number of hydrogen-bond acceptors (Lipinski definition) is 4. The van der Waals surface area contributed by atoms with E-state index in [0.29, 0.717) is 13.0 Å². The van der Waals surface area contributed by atoms with Crippen LogP contribution in [0, 0.1) is 0 Å². The van der Waals surface area contributed by atoms with Crippen molar-refractivity contribution >= 4 is 33.2 Å². The first kappa shape index (κ1) is 15.0. The van der Waals surface area contributed by atoms with E-state index < -0.39 is 0 Å².